The fraction of sp³-hybridized carbons (Fsp3) is 0.350. The van der Waals surface area contributed by atoms with Crippen LogP contribution in [0.3, 0.4) is 0 Å². The highest BCUT2D eigenvalue weighted by molar-refractivity contribution is 6.10. The van der Waals surface area contributed by atoms with Gasteiger partial charge in [0.05, 0.1) is 11.9 Å². The van der Waals surface area contributed by atoms with Crippen molar-refractivity contribution in [1.82, 2.24) is 15.6 Å². The normalized spacial score (nSPS) is 18.4. The average molecular weight is 348 g/mol. The van der Waals surface area contributed by atoms with Crippen LogP contribution in [-0.4, -0.2) is 36.6 Å². The molecule has 0 spiro atoms. The number of pyridine rings is 1. The van der Waals surface area contributed by atoms with Crippen LogP contribution in [0.5, 0.6) is 0 Å². The maximum Gasteiger partial charge on any atom is 0.328 e. The molecule has 0 atom stereocenters. The standard InChI is InChI=1S/C20H20N4O2/c25-19-8-11-24(20(26)23-19)18-13-22-12-17-15(2-1-3-16(17)18)5-4-14-6-9-21-10-7-14/h1-3,12-14,21H,6-11H2,(H,23,25,26). The minimum absolute atomic E-state index is 0.243. The van der Waals surface area contributed by atoms with Gasteiger partial charge < -0.3 is 5.32 Å². The Balaban J connectivity index is 1.70. The number of carbonyl (C=O) groups excluding carboxylic acids is 2. The lowest BCUT2D eigenvalue weighted by molar-refractivity contribution is -0.120. The van der Waals surface area contributed by atoms with E-state index in [0.29, 0.717) is 18.2 Å². The Kier molecular flexibility index (Phi) is 4.55. The van der Waals surface area contributed by atoms with Crippen LogP contribution in [0.4, 0.5) is 10.5 Å². The van der Waals surface area contributed by atoms with E-state index >= 15 is 0 Å². The quantitative estimate of drug-likeness (QED) is 0.774. The van der Waals surface area contributed by atoms with Crippen LogP contribution in [0.1, 0.15) is 24.8 Å². The predicted octanol–water partition coefficient (Wildman–Crippen LogP) is 2.03. The summed E-state index contributed by atoms with van der Waals surface area (Å²) in [5, 5.41) is 7.56. The van der Waals surface area contributed by atoms with Crippen molar-refractivity contribution in [2.24, 2.45) is 5.92 Å². The maximum atomic E-state index is 12.2. The average Bonchev–Trinajstić information content (AvgIpc) is 2.67. The van der Waals surface area contributed by atoms with E-state index in [2.05, 4.69) is 27.5 Å². The van der Waals surface area contributed by atoms with Crippen LogP contribution in [0, 0.1) is 17.8 Å². The molecule has 2 aromatic rings. The van der Waals surface area contributed by atoms with Gasteiger partial charge in [0.25, 0.3) is 0 Å². The first-order valence-corrected chi connectivity index (χ1v) is 8.93. The molecule has 4 rings (SSSR count). The molecule has 0 bridgehead atoms. The molecule has 2 N–H and O–H groups in total. The number of hydrogen-bond donors (Lipinski definition) is 2. The highest BCUT2D eigenvalue weighted by Crippen LogP contribution is 2.29. The molecule has 3 heterocycles. The van der Waals surface area contributed by atoms with Crippen LogP contribution in [0.15, 0.2) is 30.6 Å². The lowest BCUT2D eigenvalue weighted by atomic mass is 9.98. The molecule has 2 fully saturated rings. The van der Waals surface area contributed by atoms with Gasteiger partial charge in [0.15, 0.2) is 0 Å². The zero-order chi connectivity index (χ0) is 17.9. The smallest absolute Gasteiger partial charge is 0.317 e. The summed E-state index contributed by atoms with van der Waals surface area (Å²) < 4.78 is 0. The van der Waals surface area contributed by atoms with E-state index in [1.807, 2.05) is 18.2 Å². The van der Waals surface area contributed by atoms with Crippen molar-refractivity contribution in [2.75, 3.05) is 24.5 Å². The summed E-state index contributed by atoms with van der Waals surface area (Å²) in [5.41, 5.74) is 1.63. The topological polar surface area (TPSA) is 74.3 Å². The molecule has 0 saturated carbocycles. The van der Waals surface area contributed by atoms with Crippen LogP contribution in [0.25, 0.3) is 10.8 Å². The first-order chi connectivity index (χ1) is 12.7. The predicted molar refractivity (Wildman–Crippen MR) is 99.7 cm³/mol. The van der Waals surface area contributed by atoms with E-state index in [4.69, 9.17) is 0 Å². The molecular formula is C20H20N4O2. The minimum atomic E-state index is -0.401. The summed E-state index contributed by atoms with van der Waals surface area (Å²) in [6.07, 6.45) is 5.89. The number of nitrogens with one attached hydrogen (secondary N) is 2. The van der Waals surface area contributed by atoms with Crippen molar-refractivity contribution in [3.8, 4) is 11.8 Å². The molecule has 0 aliphatic carbocycles. The number of anilines is 1. The Hall–Kier alpha value is -2.91. The Labute approximate surface area is 152 Å². The molecule has 2 aliphatic rings. The van der Waals surface area contributed by atoms with E-state index in [-0.39, 0.29) is 12.3 Å². The number of benzene rings is 1. The summed E-state index contributed by atoms with van der Waals surface area (Å²) in [6, 6.07) is 5.50. The zero-order valence-corrected chi connectivity index (χ0v) is 14.4. The highest BCUT2D eigenvalue weighted by atomic mass is 16.2. The van der Waals surface area contributed by atoms with Crippen LogP contribution < -0.4 is 15.5 Å². The number of hydrogen-bond acceptors (Lipinski definition) is 4. The lowest BCUT2D eigenvalue weighted by Crippen LogP contribution is -2.49. The van der Waals surface area contributed by atoms with Crippen LogP contribution in [-0.2, 0) is 4.79 Å². The molecule has 1 aromatic heterocycles. The van der Waals surface area contributed by atoms with Crippen molar-refractivity contribution in [2.45, 2.75) is 19.3 Å². The van der Waals surface area contributed by atoms with Gasteiger partial charge in [-0.15, -0.1) is 0 Å². The zero-order valence-electron chi connectivity index (χ0n) is 14.4. The first kappa shape index (κ1) is 16.6. The highest BCUT2D eigenvalue weighted by Gasteiger charge is 2.25. The van der Waals surface area contributed by atoms with Crippen LogP contribution >= 0.6 is 0 Å². The molecule has 0 radical (unpaired) electrons. The van der Waals surface area contributed by atoms with Gasteiger partial charge in [-0.1, -0.05) is 24.0 Å². The number of amides is 3. The summed E-state index contributed by atoms with van der Waals surface area (Å²) in [4.78, 5) is 29.5. The Morgan fingerprint density at radius 2 is 1.96 bits per heavy atom. The van der Waals surface area contributed by atoms with Crippen molar-refractivity contribution in [1.29, 1.82) is 0 Å². The third-order valence-electron chi connectivity index (χ3n) is 4.88. The van der Waals surface area contributed by atoms with E-state index in [1.54, 1.807) is 17.3 Å². The number of piperidine rings is 1. The van der Waals surface area contributed by atoms with Gasteiger partial charge in [-0.05, 0) is 32.0 Å². The number of imide groups is 1. The van der Waals surface area contributed by atoms with Gasteiger partial charge in [-0.25, -0.2) is 4.79 Å². The van der Waals surface area contributed by atoms with E-state index < -0.39 is 6.03 Å². The molecule has 2 saturated heterocycles. The molecule has 132 valence electrons. The third-order valence-corrected chi connectivity index (χ3v) is 4.88. The third kappa shape index (κ3) is 3.26. The molecule has 0 unspecified atom stereocenters. The van der Waals surface area contributed by atoms with Crippen molar-refractivity contribution in [3.05, 3.63) is 36.2 Å². The minimum Gasteiger partial charge on any atom is -0.317 e. The molecule has 2 aliphatic heterocycles. The second-order valence-electron chi connectivity index (χ2n) is 6.61. The fourth-order valence-electron chi connectivity index (χ4n) is 3.44. The Bertz CT molecular complexity index is 922. The summed E-state index contributed by atoms with van der Waals surface area (Å²) in [5.74, 6) is 6.88. The largest absolute Gasteiger partial charge is 0.328 e. The molecule has 6 nitrogen and oxygen atoms in total. The summed E-state index contributed by atoms with van der Waals surface area (Å²) in [6.45, 7) is 2.39. The number of fused-ring (bicyclic) bond motifs is 1. The number of rotatable bonds is 1. The van der Waals surface area contributed by atoms with E-state index in [9.17, 15) is 9.59 Å². The van der Waals surface area contributed by atoms with Gasteiger partial charge >= 0.3 is 6.03 Å². The number of carbonyl (C=O) groups is 2. The second-order valence-corrected chi connectivity index (χ2v) is 6.61. The second kappa shape index (κ2) is 7.14. The van der Waals surface area contributed by atoms with Gasteiger partial charge in [-0.3, -0.25) is 20.0 Å². The first-order valence-electron chi connectivity index (χ1n) is 8.93. The van der Waals surface area contributed by atoms with Crippen molar-refractivity contribution in [3.63, 3.8) is 0 Å². The molecule has 6 heteroatoms. The van der Waals surface area contributed by atoms with Gasteiger partial charge in [0, 0.05) is 41.4 Å². The summed E-state index contributed by atoms with van der Waals surface area (Å²) >= 11 is 0. The van der Waals surface area contributed by atoms with Gasteiger partial charge in [0.1, 0.15) is 0 Å². The number of aromatic nitrogens is 1. The van der Waals surface area contributed by atoms with Gasteiger partial charge in [-0.2, -0.15) is 0 Å². The number of urea groups is 1. The fourth-order valence-corrected chi connectivity index (χ4v) is 3.44. The van der Waals surface area contributed by atoms with Gasteiger partial charge in [0.2, 0.25) is 5.91 Å². The Morgan fingerprint density at radius 3 is 2.77 bits per heavy atom. The molecular weight excluding hydrogens is 328 g/mol. The molecule has 26 heavy (non-hydrogen) atoms. The van der Waals surface area contributed by atoms with E-state index in [0.717, 1.165) is 42.3 Å². The maximum absolute atomic E-state index is 12.2. The summed E-state index contributed by atoms with van der Waals surface area (Å²) in [7, 11) is 0. The van der Waals surface area contributed by atoms with Crippen LogP contribution in [0.2, 0.25) is 0 Å². The monoisotopic (exact) mass is 348 g/mol. The number of nitrogens with zero attached hydrogens (tertiary/aromatic N) is 2. The van der Waals surface area contributed by atoms with E-state index in [1.165, 1.54) is 0 Å². The lowest BCUT2D eigenvalue weighted by Gasteiger charge is -2.27. The molecule has 1 aromatic carbocycles. The Morgan fingerprint density at radius 1 is 1.12 bits per heavy atom. The molecule has 3 amide bonds. The van der Waals surface area contributed by atoms with Crippen molar-refractivity contribution < 1.29 is 9.59 Å². The van der Waals surface area contributed by atoms with Crippen molar-refractivity contribution >= 4 is 28.4 Å². The SMILES string of the molecule is O=C1CCN(c2cncc3c(C#CC4CCNCC4)cccc23)C(=O)N1.